The Hall–Kier alpha value is -2.86. The van der Waals surface area contributed by atoms with Crippen molar-refractivity contribution in [2.24, 2.45) is 0 Å². The highest BCUT2D eigenvalue weighted by molar-refractivity contribution is 7.98. The average molecular weight is 394 g/mol. The van der Waals surface area contributed by atoms with E-state index < -0.39 is 0 Å². The van der Waals surface area contributed by atoms with Crippen LogP contribution in [0.2, 0.25) is 0 Å². The van der Waals surface area contributed by atoms with E-state index in [9.17, 15) is 14.0 Å². The second kappa shape index (κ2) is 8.02. The van der Waals surface area contributed by atoms with Gasteiger partial charge in [-0.3, -0.25) is 14.5 Å². The van der Waals surface area contributed by atoms with Crippen molar-refractivity contribution in [3.63, 3.8) is 0 Å². The Labute approximate surface area is 166 Å². The van der Waals surface area contributed by atoms with E-state index >= 15 is 0 Å². The molecule has 2 amide bonds. The minimum Gasteiger partial charge on any atom is -0.354 e. The summed E-state index contributed by atoms with van der Waals surface area (Å²) in [6.07, 6.45) is 0. The van der Waals surface area contributed by atoms with E-state index in [-0.39, 0.29) is 24.2 Å². The number of carbonyl (C=O) groups excluding carboxylic acids is 2. The summed E-state index contributed by atoms with van der Waals surface area (Å²) in [6.45, 7) is 0.460. The van der Waals surface area contributed by atoms with E-state index in [2.05, 4.69) is 5.32 Å². The van der Waals surface area contributed by atoms with Gasteiger partial charge in [-0.25, -0.2) is 4.39 Å². The maximum absolute atomic E-state index is 13.6. The van der Waals surface area contributed by atoms with Crippen LogP contribution in [0.5, 0.6) is 0 Å². The van der Waals surface area contributed by atoms with Crippen LogP contribution in [0.15, 0.2) is 60.7 Å². The van der Waals surface area contributed by atoms with E-state index in [0.717, 1.165) is 16.5 Å². The third-order valence-corrected chi connectivity index (χ3v) is 5.74. The Bertz CT molecular complexity index is 1050. The van der Waals surface area contributed by atoms with Gasteiger partial charge < -0.3 is 5.32 Å². The van der Waals surface area contributed by atoms with Crippen molar-refractivity contribution in [2.75, 3.05) is 23.7 Å². The highest BCUT2D eigenvalue weighted by atomic mass is 32.2. The summed E-state index contributed by atoms with van der Waals surface area (Å²) < 4.78 is 13.6. The van der Waals surface area contributed by atoms with Crippen molar-refractivity contribution in [2.45, 2.75) is 5.75 Å². The fourth-order valence-electron chi connectivity index (χ4n) is 3.40. The van der Waals surface area contributed by atoms with Crippen LogP contribution in [0.3, 0.4) is 0 Å². The molecular weight excluding hydrogens is 375 g/mol. The zero-order valence-electron chi connectivity index (χ0n) is 15.2. The molecule has 0 atom stereocenters. The van der Waals surface area contributed by atoms with Crippen LogP contribution in [-0.4, -0.2) is 30.7 Å². The first-order valence-corrected chi connectivity index (χ1v) is 10.2. The number of nitrogens with zero attached hydrogens (tertiary/aromatic N) is 1. The first-order chi connectivity index (χ1) is 13.6. The molecule has 0 spiro atoms. The van der Waals surface area contributed by atoms with Crippen LogP contribution in [-0.2, 0) is 10.5 Å². The van der Waals surface area contributed by atoms with Gasteiger partial charge in [-0.1, -0.05) is 42.5 Å². The Kier molecular flexibility index (Phi) is 5.30. The summed E-state index contributed by atoms with van der Waals surface area (Å²) in [7, 11) is 0. The second-order valence-corrected chi connectivity index (χ2v) is 7.67. The predicted octanol–water partition coefficient (Wildman–Crippen LogP) is 3.99. The minimum absolute atomic E-state index is 0.00932. The maximum atomic E-state index is 13.6. The van der Waals surface area contributed by atoms with Gasteiger partial charge in [0.2, 0.25) is 5.91 Å². The quantitative estimate of drug-likeness (QED) is 0.617. The molecule has 4 rings (SSSR count). The number of nitrogens with one attached hydrogen (secondary N) is 1. The molecule has 3 aromatic rings. The summed E-state index contributed by atoms with van der Waals surface area (Å²) in [5, 5.41) is 4.74. The van der Waals surface area contributed by atoms with Crippen LogP contribution in [0.25, 0.3) is 10.8 Å². The van der Waals surface area contributed by atoms with Crippen LogP contribution >= 0.6 is 11.8 Å². The molecule has 142 valence electrons. The monoisotopic (exact) mass is 394 g/mol. The molecule has 0 saturated carbocycles. The number of thioether (sulfide) groups is 1. The lowest BCUT2D eigenvalue weighted by molar-refractivity contribution is -0.119. The first kappa shape index (κ1) is 18.5. The van der Waals surface area contributed by atoms with Gasteiger partial charge in [-0.2, -0.15) is 11.8 Å². The molecule has 0 unspecified atom stereocenters. The molecule has 0 aliphatic carbocycles. The smallest absolute Gasteiger partial charge is 0.259 e. The number of hydrogen-bond donors (Lipinski definition) is 1. The highest BCUT2D eigenvalue weighted by Crippen LogP contribution is 2.36. The van der Waals surface area contributed by atoms with Crippen molar-refractivity contribution < 1.29 is 14.0 Å². The van der Waals surface area contributed by atoms with Gasteiger partial charge >= 0.3 is 0 Å². The zero-order chi connectivity index (χ0) is 19.5. The standard InChI is InChI=1S/C22H19FN2O2S/c23-18-9-2-1-5-16(18)14-28-12-11-24-20(26)13-25-19-10-4-7-15-6-3-8-17(21(15)19)22(25)27/h1-10H,11-14H2,(H,24,26). The normalized spacial score (nSPS) is 12.6. The van der Waals surface area contributed by atoms with Gasteiger partial charge in [-0.15, -0.1) is 0 Å². The molecule has 0 bridgehead atoms. The van der Waals surface area contributed by atoms with Gasteiger partial charge in [-0.05, 0) is 29.1 Å². The molecule has 1 heterocycles. The van der Waals surface area contributed by atoms with Crippen LogP contribution in [0.4, 0.5) is 10.1 Å². The molecule has 3 aromatic carbocycles. The fraction of sp³-hybridized carbons (Fsp3) is 0.182. The van der Waals surface area contributed by atoms with E-state index in [1.54, 1.807) is 30.0 Å². The van der Waals surface area contributed by atoms with E-state index in [1.807, 2.05) is 36.4 Å². The molecule has 1 aliphatic rings. The van der Waals surface area contributed by atoms with Crippen molar-refractivity contribution >= 4 is 40.0 Å². The molecule has 1 N–H and O–H groups in total. The Morgan fingerprint density at radius 2 is 1.82 bits per heavy atom. The average Bonchev–Trinajstić information content (AvgIpc) is 2.97. The Morgan fingerprint density at radius 3 is 2.64 bits per heavy atom. The number of rotatable bonds is 7. The number of carbonyl (C=O) groups is 2. The minimum atomic E-state index is -0.208. The van der Waals surface area contributed by atoms with E-state index in [1.165, 1.54) is 11.0 Å². The van der Waals surface area contributed by atoms with E-state index in [4.69, 9.17) is 0 Å². The lowest BCUT2D eigenvalue weighted by atomic mass is 10.1. The first-order valence-electron chi connectivity index (χ1n) is 9.06. The third-order valence-electron chi connectivity index (χ3n) is 4.73. The van der Waals surface area contributed by atoms with Gasteiger partial charge in [0.1, 0.15) is 12.4 Å². The number of hydrogen-bond acceptors (Lipinski definition) is 3. The van der Waals surface area contributed by atoms with Crippen LogP contribution in [0, 0.1) is 5.82 Å². The summed E-state index contributed by atoms with van der Waals surface area (Å²) in [5.74, 6) is 0.676. The largest absolute Gasteiger partial charge is 0.354 e. The number of benzene rings is 3. The van der Waals surface area contributed by atoms with Crippen LogP contribution in [0.1, 0.15) is 15.9 Å². The molecule has 6 heteroatoms. The van der Waals surface area contributed by atoms with Gasteiger partial charge in [0, 0.05) is 29.0 Å². The Balaban J connectivity index is 1.30. The van der Waals surface area contributed by atoms with Crippen molar-refractivity contribution in [3.8, 4) is 0 Å². The van der Waals surface area contributed by atoms with Crippen molar-refractivity contribution in [3.05, 3.63) is 77.6 Å². The molecular formula is C22H19FN2O2S. The highest BCUT2D eigenvalue weighted by Gasteiger charge is 2.30. The Morgan fingerprint density at radius 1 is 1.04 bits per heavy atom. The van der Waals surface area contributed by atoms with Crippen molar-refractivity contribution in [1.82, 2.24) is 5.32 Å². The molecule has 28 heavy (non-hydrogen) atoms. The summed E-state index contributed by atoms with van der Waals surface area (Å²) in [6, 6.07) is 18.0. The summed E-state index contributed by atoms with van der Waals surface area (Å²) in [5.41, 5.74) is 2.08. The zero-order valence-corrected chi connectivity index (χ0v) is 16.0. The lowest BCUT2D eigenvalue weighted by Crippen LogP contribution is -2.39. The number of anilines is 1. The topological polar surface area (TPSA) is 49.4 Å². The fourth-order valence-corrected chi connectivity index (χ4v) is 4.24. The van der Waals surface area contributed by atoms with Crippen molar-refractivity contribution in [1.29, 1.82) is 0 Å². The summed E-state index contributed by atoms with van der Waals surface area (Å²) in [4.78, 5) is 26.5. The molecule has 0 fully saturated rings. The van der Waals surface area contributed by atoms with Crippen LogP contribution < -0.4 is 10.2 Å². The second-order valence-electron chi connectivity index (χ2n) is 6.57. The number of halogens is 1. The van der Waals surface area contributed by atoms with Gasteiger partial charge in [0.05, 0.1) is 5.69 Å². The lowest BCUT2D eigenvalue weighted by Gasteiger charge is -2.17. The molecule has 0 aromatic heterocycles. The van der Waals surface area contributed by atoms with Gasteiger partial charge in [0.15, 0.2) is 0 Å². The SMILES string of the molecule is O=C(CN1C(=O)c2cccc3cccc1c23)NCCSCc1ccccc1F. The van der Waals surface area contributed by atoms with E-state index in [0.29, 0.717) is 29.2 Å². The molecule has 1 aliphatic heterocycles. The van der Waals surface area contributed by atoms with Gasteiger partial charge in [0.25, 0.3) is 5.91 Å². The molecule has 4 nitrogen and oxygen atoms in total. The molecule has 0 saturated heterocycles. The predicted molar refractivity (Wildman–Crippen MR) is 111 cm³/mol. The summed E-state index contributed by atoms with van der Waals surface area (Å²) >= 11 is 1.56. The maximum Gasteiger partial charge on any atom is 0.259 e. The number of amides is 2. The third kappa shape index (κ3) is 3.60. The molecule has 0 radical (unpaired) electrons.